The SMILES string of the molecule is BC(C)(C)C1C(=O)N(c2ccccc2)C(=O)C1C(C)(C)C. The predicted molar refractivity (Wildman–Crippen MR) is 88.0 cm³/mol. The lowest BCUT2D eigenvalue weighted by molar-refractivity contribution is -0.124. The Balaban J connectivity index is 2.53. The maximum absolute atomic E-state index is 12.9. The number of hydrogen-bond donors (Lipinski definition) is 0. The molecule has 1 aromatic rings. The molecule has 21 heavy (non-hydrogen) atoms. The van der Waals surface area contributed by atoms with Crippen molar-refractivity contribution in [3.8, 4) is 0 Å². The van der Waals surface area contributed by atoms with E-state index in [1.807, 2.05) is 72.8 Å². The highest BCUT2D eigenvalue weighted by molar-refractivity contribution is 6.26. The Morgan fingerprint density at radius 3 is 1.76 bits per heavy atom. The molecule has 0 aromatic heterocycles. The first-order chi connectivity index (χ1) is 9.55. The Bertz CT molecular complexity index is 522. The molecule has 0 spiro atoms. The van der Waals surface area contributed by atoms with Crippen LogP contribution in [0, 0.1) is 17.3 Å². The first-order valence-electron chi connectivity index (χ1n) is 7.48. The lowest BCUT2D eigenvalue weighted by Crippen LogP contribution is -2.36. The summed E-state index contributed by atoms with van der Waals surface area (Å²) in [4.78, 5) is 27.2. The van der Waals surface area contributed by atoms with Gasteiger partial charge in [-0.1, -0.05) is 58.1 Å². The number of rotatable bonds is 2. The van der Waals surface area contributed by atoms with Gasteiger partial charge in [0, 0.05) is 5.92 Å². The minimum Gasteiger partial charge on any atom is -0.274 e. The van der Waals surface area contributed by atoms with Crippen LogP contribution in [0.3, 0.4) is 0 Å². The molecule has 0 radical (unpaired) electrons. The van der Waals surface area contributed by atoms with Gasteiger partial charge in [-0.05, 0) is 17.5 Å². The molecule has 1 saturated heterocycles. The smallest absolute Gasteiger partial charge is 0.238 e. The van der Waals surface area contributed by atoms with Crippen LogP contribution < -0.4 is 4.90 Å². The van der Waals surface area contributed by atoms with Crippen LogP contribution in [-0.2, 0) is 9.59 Å². The van der Waals surface area contributed by atoms with Gasteiger partial charge in [-0.3, -0.25) is 14.5 Å². The number of hydrogen-bond acceptors (Lipinski definition) is 2. The molecule has 3 nitrogen and oxygen atoms in total. The summed E-state index contributed by atoms with van der Waals surface area (Å²) in [7, 11) is 2.04. The van der Waals surface area contributed by atoms with E-state index in [0.717, 1.165) is 0 Å². The van der Waals surface area contributed by atoms with Gasteiger partial charge in [0.05, 0.1) is 11.6 Å². The first kappa shape index (κ1) is 15.8. The van der Waals surface area contributed by atoms with Crippen molar-refractivity contribution in [3.63, 3.8) is 0 Å². The lowest BCUT2D eigenvalue weighted by atomic mass is 9.56. The summed E-state index contributed by atoms with van der Waals surface area (Å²) in [6.45, 7) is 10.2. The molecule has 2 rings (SSSR count). The molecule has 2 unspecified atom stereocenters. The zero-order chi connectivity index (χ0) is 16.0. The summed E-state index contributed by atoms with van der Waals surface area (Å²) in [5.41, 5.74) is 0.433. The highest BCUT2D eigenvalue weighted by Crippen LogP contribution is 2.50. The number of anilines is 1. The highest BCUT2D eigenvalue weighted by atomic mass is 16.2. The van der Waals surface area contributed by atoms with Crippen LogP contribution >= 0.6 is 0 Å². The number of carbonyl (C=O) groups is 2. The fourth-order valence-corrected chi connectivity index (χ4v) is 3.24. The molecule has 0 bridgehead atoms. The van der Waals surface area contributed by atoms with E-state index in [1.165, 1.54) is 4.90 Å². The van der Waals surface area contributed by atoms with Gasteiger partial charge in [0.2, 0.25) is 11.8 Å². The number of benzene rings is 1. The van der Waals surface area contributed by atoms with Crippen LogP contribution in [0.4, 0.5) is 5.69 Å². The Hall–Kier alpha value is -1.58. The van der Waals surface area contributed by atoms with Crippen molar-refractivity contribution in [2.75, 3.05) is 4.90 Å². The third-order valence-corrected chi connectivity index (χ3v) is 4.19. The topological polar surface area (TPSA) is 37.4 Å². The van der Waals surface area contributed by atoms with E-state index in [9.17, 15) is 9.59 Å². The molecule has 1 fully saturated rings. The third-order valence-electron chi connectivity index (χ3n) is 4.19. The fourth-order valence-electron chi connectivity index (χ4n) is 3.24. The monoisotopic (exact) mass is 285 g/mol. The summed E-state index contributed by atoms with van der Waals surface area (Å²) in [5.74, 6) is -0.715. The molecule has 0 saturated carbocycles. The van der Waals surface area contributed by atoms with Crippen molar-refractivity contribution in [1.82, 2.24) is 0 Å². The number of imide groups is 1. The van der Waals surface area contributed by atoms with Crippen molar-refractivity contribution in [1.29, 1.82) is 0 Å². The van der Waals surface area contributed by atoms with Crippen LogP contribution in [0.2, 0.25) is 5.31 Å². The summed E-state index contributed by atoms with van der Waals surface area (Å²) in [5, 5.41) is -0.242. The zero-order valence-electron chi connectivity index (χ0n) is 13.8. The van der Waals surface area contributed by atoms with Gasteiger partial charge < -0.3 is 0 Å². The first-order valence-corrected chi connectivity index (χ1v) is 7.48. The third kappa shape index (κ3) is 2.76. The minimum absolute atomic E-state index is 0.0707. The van der Waals surface area contributed by atoms with E-state index < -0.39 is 0 Å². The van der Waals surface area contributed by atoms with Gasteiger partial charge in [0.1, 0.15) is 7.85 Å². The normalized spacial score (nSPS) is 23.8. The molecule has 112 valence electrons. The summed E-state index contributed by atoms with van der Waals surface area (Å²) in [6, 6.07) is 9.23. The average molecular weight is 285 g/mol. The highest BCUT2D eigenvalue weighted by Gasteiger charge is 2.56. The Kier molecular flexibility index (Phi) is 3.77. The summed E-state index contributed by atoms with van der Waals surface area (Å²) in [6.07, 6.45) is 0. The Labute approximate surface area is 128 Å². The number of carbonyl (C=O) groups excluding carboxylic acids is 2. The van der Waals surface area contributed by atoms with Crippen LogP contribution in [0.5, 0.6) is 0 Å². The standard InChI is InChI=1S/C17H24BNO2/c1-16(2,3)12-13(17(4,5)18)15(21)19(14(12)20)11-9-7-6-8-10-11/h6-10,12-13H,18H2,1-5H3. The second-order valence-electron chi connectivity index (χ2n) is 8.03. The van der Waals surface area contributed by atoms with Gasteiger partial charge in [-0.25, -0.2) is 0 Å². The number of para-hydroxylation sites is 1. The van der Waals surface area contributed by atoms with Crippen LogP contribution in [-0.4, -0.2) is 19.7 Å². The van der Waals surface area contributed by atoms with Gasteiger partial charge in [0.15, 0.2) is 0 Å². The van der Waals surface area contributed by atoms with Crippen molar-refractivity contribution in [2.45, 2.75) is 39.9 Å². The molecular formula is C17H24BNO2. The predicted octanol–water partition coefficient (Wildman–Crippen LogP) is 2.67. The molecule has 1 aromatic carbocycles. The Morgan fingerprint density at radius 1 is 0.905 bits per heavy atom. The second kappa shape index (κ2) is 5.01. The lowest BCUT2D eigenvalue weighted by Gasteiger charge is -2.35. The zero-order valence-corrected chi connectivity index (χ0v) is 13.8. The average Bonchev–Trinajstić information content (AvgIpc) is 2.61. The largest absolute Gasteiger partial charge is 0.274 e. The molecule has 4 heteroatoms. The van der Waals surface area contributed by atoms with E-state index in [4.69, 9.17) is 0 Å². The van der Waals surface area contributed by atoms with E-state index in [0.29, 0.717) is 5.69 Å². The van der Waals surface area contributed by atoms with Gasteiger partial charge in [-0.2, -0.15) is 0 Å². The molecule has 1 heterocycles. The van der Waals surface area contributed by atoms with Crippen molar-refractivity contribution < 1.29 is 9.59 Å². The molecule has 0 N–H and O–H groups in total. The molecule has 1 aliphatic rings. The van der Waals surface area contributed by atoms with Crippen LogP contribution in [0.15, 0.2) is 30.3 Å². The summed E-state index contributed by atoms with van der Waals surface area (Å²) < 4.78 is 0. The Morgan fingerprint density at radius 2 is 1.38 bits per heavy atom. The summed E-state index contributed by atoms with van der Waals surface area (Å²) >= 11 is 0. The second-order valence-corrected chi connectivity index (χ2v) is 8.03. The fraction of sp³-hybridized carbons (Fsp3) is 0.529. The van der Waals surface area contributed by atoms with Crippen molar-refractivity contribution >= 4 is 25.3 Å². The van der Waals surface area contributed by atoms with Crippen LogP contribution in [0.1, 0.15) is 34.6 Å². The van der Waals surface area contributed by atoms with Crippen molar-refractivity contribution in [2.24, 2.45) is 17.3 Å². The van der Waals surface area contributed by atoms with Gasteiger partial charge in [0.25, 0.3) is 0 Å². The quantitative estimate of drug-likeness (QED) is 0.619. The van der Waals surface area contributed by atoms with Gasteiger partial charge in [-0.15, -0.1) is 0 Å². The molecule has 2 amide bonds. The van der Waals surface area contributed by atoms with E-state index in [1.54, 1.807) is 0 Å². The molecule has 2 atom stereocenters. The molecular weight excluding hydrogens is 261 g/mol. The van der Waals surface area contributed by atoms with Gasteiger partial charge >= 0.3 is 0 Å². The van der Waals surface area contributed by atoms with E-state index >= 15 is 0 Å². The number of amides is 2. The molecule has 0 aliphatic carbocycles. The number of nitrogens with zero attached hydrogens (tertiary/aromatic N) is 1. The minimum atomic E-state index is -0.287. The molecule has 1 aliphatic heterocycles. The maximum Gasteiger partial charge on any atom is 0.238 e. The van der Waals surface area contributed by atoms with E-state index in [-0.39, 0.29) is 34.4 Å². The van der Waals surface area contributed by atoms with Crippen LogP contribution in [0.25, 0.3) is 0 Å². The maximum atomic E-state index is 12.9. The van der Waals surface area contributed by atoms with E-state index in [2.05, 4.69) is 0 Å². The van der Waals surface area contributed by atoms with Crippen molar-refractivity contribution in [3.05, 3.63) is 30.3 Å².